The summed E-state index contributed by atoms with van der Waals surface area (Å²) < 4.78 is 40.2. The summed E-state index contributed by atoms with van der Waals surface area (Å²) in [5.41, 5.74) is 0.784. The van der Waals surface area contributed by atoms with Crippen molar-refractivity contribution in [1.82, 2.24) is 13.8 Å². The molecular formula is C23H27N3O6S. The van der Waals surface area contributed by atoms with Crippen LogP contribution in [0.1, 0.15) is 26.8 Å². The Kier molecular flexibility index (Phi) is 6.31. The van der Waals surface area contributed by atoms with Gasteiger partial charge in [-0.1, -0.05) is 18.2 Å². The van der Waals surface area contributed by atoms with Crippen molar-refractivity contribution in [3.8, 4) is 5.75 Å². The zero-order valence-electron chi connectivity index (χ0n) is 18.8. The highest BCUT2D eigenvalue weighted by Gasteiger charge is 2.32. The quantitative estimate of drug-likeness (QED) is 0.545. The van der Waals surface area contributed by atoms with Crippen molar-refractivity contribution in [2.75, 3.05) is 26.2 Å². The second kappa shape index (κ2) is 9.03. The van der Waals surface area contributed by atoms with Crippen molar-refractivity contribution >= 4 is 27.0 Å². The average Bonchev–Trinajstić information content (AvgIpc) is 3.14. The minimum atomic E-state index is -3.80. The minimum absolute atomic E-state index is 0.0558. The van der Waals surface area contributed by atoms with Gasteiger partial charge in [-0.3, -0.25) is 9.36 Å². The van der Waals surface area contributed by atoms with E-state index in [1.165, 1.54) is 21.0 Å². The van der Waals surface area contributed by atoms with Gasteiger partial charge in [0.1, 0.15) is 5.75 Å². The lowest BCUT2D eigenvalue weighted by Crippen LogP contribution is -2.53. The Balaban J connectivity index is 1.44. The second-order valence-electron chi connectivity index (χ2n) is 8.26. The number of hydrogen-bond donors (Lipinski definition) is 0. The highest BCUT2D eigenvalue weighted by Crippen LogP contribution is 2.24. The third kappa shape index (κ3) is 4.53. The van der Waals surface area contributed by atoms with E-state index in [0.717, 1.165) is 0 Å². The minimum Gasteiger partial charge on any atom is -0.481 e. The van der Waals surface area contributed by atoms with Gasteiger partial charge >= 0.3 is 5.76 Å². The van der Waals surface area contributed by atoms with Gasteiger partial charge in [0.15, 0.2) is 11.7 Å². The number of ether oxygens (including phenoxy) is 1. The number of fused-ring (bicyclic) bond motifs is 1. The molecule has 0 aliphatic carbocycles. The molecule has 176 valence electrons. The van der Waals surface area contributed by atoms with E-state index in [4.69, 9.17) is 9.15 Å². The summed E-state index contributed by atoms with van der Waals surface area (Å²) in [5, 5.41) is 0. The van der Waals surface area contributed by atoms with E-state index >= 15 is 0 Å². The van der Waals surface area contributed by atoms with Crippen molar-refractivity contribution < 1.29 is 22.4 Å². The number of amides is 1. The maximum absolute atomic E-state index is 13.2. The van der Waals surface area contributed by atoms with Crippen LogP contribution in [0.25, 0.3) is 11.1 Å². The third-order valence-electron chi connectivity index (χ3n) is 5.69. The molecule has 0 unspecified atom stereocenters. The predicted molar refractivity (Wildman–Crippen MR) is 123 cm³/mol. The number of benzene rings is 2. The molecule has 0 bridgehead atoms. The van der Waals surface area contributed by atoms with Gasteiger partial charge in [0, 0.05) is 38.3 Å². The van der Waals surface area contributed by atoms with E-state index in [-0.39, 0.29) is 48.6 Å². The first kappa shape index (κ1) is 23.1. The number of rotatable bonds is 6. The predicted octanol–water partition coefficient (Wildman–Crippen LogP) is 2.48. The van der Waals surface area contributed by atoms with Crippen molar-refractivity contribution in [2.45, 2.75) is 37.8 Å². The molecule has 0 N–H and O–H groups in total. The average molecular weight is 474 g/mol. The number of sulfonamides is 1. The standard InChI is InChI=1S/C23H27N3O6S/c1-16(2)26-20-10-9-19(15-21(20)32-23(26)28)33(29,30)25-13-11-24(12-14-25)22(27)17(3)31-18-7-5-4-6-8-18/h4-10,15-17H,11-14H2,1-3H3/t17-/m0/s1. The smallest absolute Gasteiger partial charge is 0.420 e. The highest BCUT2D eigenvalue weighted by atomic mass is 32.2. The molecule has 0 spiro atoms. The van der Waals surface area contributed by atoms with Crippen molar-refractivity contribution in [2.24, 2.45) is 0 Å². The van der Waals surface area contributed by atoms with Crippen molar-refractivity contribution in [1.29, 1.82) is 0 Å². The number of hydrogen-bond acceptors (Lipinski definition) is 6. The normalized spacial score (nSPS) is 16.3. The van der Waals surface area contributed by atoms with Crippen LogP contribution in [-0.4, -0.2) is 60.4 Å². The number of carbonyl (C=O) groups excluding carboxylic acids is 1. The molecule has 2 heterocycles. The lowest BCUT2D eigenvalue weighted by Gasteiger charge is -2.35. The fourth-order valence-corrected chi connectivity index (χ4v) is 5.41. The molecule has 1 saturated heterocycles. The molecule has 1 fully saturated rings. The van der Waals surface area contributed by atoms with Crippen LogP contribution in [0.4, 0.5) is 0 Å². The fraction of sp³-hybridized carbons (Fsp3) is 0.391. The molecule has 9 nitrogen and oxygen atoms in total. The maximum atomic E-state index is 13.2. The number of nitrogens with zero attached hydrogens (tertiary/aromatic N) is 3. The summed E-state index contributed by atoms with van der Waals surface area (Å²) in [4.78, 5) is 26.5. The van der Waals surface area contributed by atoms with E-state index in [9.17, 15) is 18.0 Å². The molecule has 33 heavy (non-hydrogen) atoms. The van der Waals surface area contributed by atoms with E-state index in [1.807, 2.05) is 32.0 Å². The molecule has 1 aliphatic heterocycles. The number of piperazine rings is 1. The maximum Gasteiger partial charge on any atom is 0.420 e. The number of aromatic nitrogens is 1. The van der Waals surface area contributed by atoms with Crippen molar-refractivity contribution in [3.05, 3.63) is 59.1 Å². The van der Waals surface area contributed by atoms with Crippen LogP contribution >= 0.6 is 0 Å². The topological polar surface area (TPSA) is 102 Å². The van der Waals surface area contributed by atoms with Gasteiger partial charge < -0.3 is 14.1 Å². The Bertz CT molecular complexity index is 1300. The Labute approximate surface area is 192 Å². The molecule has 1 atom stereocenters. The van der Waals surface area contributed by atoms with Crippen LogP contribution in [0, 0.1) is 0 Å². The molecule has 1 aliphatic rings. The van der Waals surface area contributed by atoms with Gasteiger partial charge in [0.2, 0.25) is 10.0 Å². The van der Waals surface area contributed by atoms with E-state index < -0.39 is 21.9 Å². The molecule has 3 aromatic rings. The second-order valence-corrected chi connectivity index (χ2v) is 10.2. The van der Waals surface area contributed by atoms with Gasteiger partial charge in [0.25, 0.3) is 5.91 Å². The van der Waals surface area contributed by atoms with Gasteiger partial charge in [-0.05, 0) is 45.0 Å². The monoisotopic (exact) mass is 473 g/mol. The lowest BCUT2D eigenvalue weighted by molar-refractivity contribution is -0.139. The van der Waals surface area contributed by atoms with Crippen LogP contribution in [0.2, 0.25) is 0 Å². The van der Waals surface area contributed by atoms with Gasteiger partial charge in [0.05, 0.1) is 10.4 Å². The lowest BCUT2D eigenvalue weighted by atomic mass is 10.3. The zero-order chi connectivity index (χ0) is 23.8. The van der Waals surface area contributed by atoms with Crippen LogP contribution in [0.15, 0.2) is 62.6 Å². The summed E-state index contributed by atoms with van der Waals surface area (Å²) in [7, 11) is -3.80. The highest BCUT2D eigenvalue weighted by molar-refractivity contribution is 7.89. The summed E-state index contributed by atoms with van der Waals surface area (Å²) >= 11 is 0. The number of para-hydroxylation sites is 1. The van der Waals surface area contributed by atoms with Crippen LogP contribution < -0.4 is 10.5 Å². The zero-order valence-corrected chi connectivity index (χ0v) is 19.6. The SMILES string of the molecule is CC(C)n1c(=O)oc2cc(S(=O)(=O)N3CCN(C(=O)[C@H](C)Oc4ccccc4)CC3)ccc21. The van der Waals surface area contributed by atoms with Gasteiger partial charge in [-0.2, -0.15) is 4.31 Å². The van der Waals surface area contributed by atoms with Gasteiger partial charge in [-0.25, -0.2) is 13.2 Å². The van der Waals surface area contributed by atoms with Crippen LogP contribution in [0.3, 0.4) is 0 Å². The number of carbonyl (C=O) groups is 1. The molecule has 0 radical (unpaired) electrons. The van der Waals surface area contributed by atoms with Gasteiger partial charge in [-0.15, -0.1) is 0 Å². The first-order chi connectivity index (χ1) is 15.7. The Morgan fingerprint density at radius 3 is 2.30 bits per heavy atom. The molecular weight excluding hydrogens is 446 g/mol. The summed E-state index contributed by atoms with van der Waals surface area (Å²) in [6.45, 7) is 6.26. The molecule has 2 aromatic carbocycles. The molecule has 1 amide bonds. The summed E-state index contributed by atoms with van der Waals surface area (Å²) in [6.07, 6.45) is -0.675. The van der Waals surface area contributed by atoms with Crippen LogP contribution in [0.5, 0.6) is 5.75 Å². The largest absolute Gasteiger partial charge is 0.481 e. The van der Waals surface area contributed by atoms with E-state index in [2.05, 4.69) is 0 Å². The summed E-state index contributed by atoms with van der Waals surface area (Å²) in [6, 6.07) is 13.4. The fourth-order valence-electron chi connectivity index (χ4n) is 3.97. The number of oxazole rings is 1. The van der Waals surface area contributed by atoms with E-state index in [0.29, 0.717) is 11.3 Å². The third-order valence-corrected chi connectivity index (χ3v) is 7.59. The first-order valence-electron chi connectivity index (χ1n) is 10.8. The first-order valence-corrected chi connectivity index (χ1v) is 12.3. The van der Waals surface area contributed by atoms with E-state index in [1.54, 1.807) is 30.0 Å². The molecule has 4 rings (SSSR count). The molecule has 1 aromatic heterocycles. The Morgan fingerprint density at radius 1 is 1.00 bits per heavy atom. The van der Waals surface area contributed by atoms with Crippen molar-refractivity contribution in [3.63, 3.8) is 0 Å². The molecule has 0 saturated carbocycles. The Morgan fingerprint density at radius 2 is 1.67 bits per heavy atom. The molecule has 10 heteroatoms. The summed E-state index contributed by atoms with van der Waals surface area (Å²) in [5.74, 6) is -0.101. The van der Waals surface area contributed by atoms with Crippen LogP contribution in [-0.2, 0) is 14.8 Å². The Hall–Kier alpha value is -3.11.